The van der Waals surface area contributed by atoms with Gasteiger partial charge >= 0.3 is 0 Å². The molecule has 2 nitrogen and oxygen atoms in total. The number of aliphatic hydroxyl groups excluding tert-OH is 1. The van der Waals surface area contributed by atoms with Crippen molar-refractivity contribution < 1.29 is 9.84 Å². The second-order valence-electron chi connectivity index (χ2n) is 3.41. The second kappa shape index (κ2) is 5.23. The summed E-state index contributed by atoms with van der Waals surface area (Å²) >= 11 is 5.53. The number of alkyl halides is 1. The highest BCUT2D eigenvalue weighted by Crippen LogP contribution is 2.19. The van der Waals surface area contributed by atoms with Gasteiger partial charge in [0.05, 0.1) is 18.1 Å². The third-order valence-corrected chi connectivity index (χ3v) is 2.08. The molecule has 0 saturated carbocycles. The van der Waals surface area contributed by atoms with Crippen LogP contribution in [-0.2, 0) is 0 Å². The van der Waals surface area contributed by atoms with Gasteiger partial charge in [-0.3, -0.25) is 0 Å². The van der Waals surface area contributed by atoms with Crippen LogP contribution in [0.5, 0.6) is 5.75 Å². The molecule has 3 heteroatoms. The van der Waals surface area contributed by atoms with Crippen molar-refractivity contribution in [3.63, 3.8) is 0 Å². The summed E-state index contributed by atoms with van der Waals surface area (Å²) in [5.41, 5.74) is 0.816. The Morgan fingerprint density at radius 3 is 2.29 bits per heavy atom. The lowest BCUT2D eigenvalue weighted by molar-refractivity contribution is 0.202. The van der Waals surface area contributed by atoms with E-state index in [0.29, 0.717) is 0 Å². The van der Waals surface area contributed by atoms with Gasteiger partial charge in [0, 0.05) is 0 Å². The van der Waals surface area contributed by atoms with Gasteiger partial charge in [-0.2, -0.15) is 0 Å². The Kier molecular flexibility index (Phi) is 4.23. The molecule has 0 amide bonds. The monoisotopic (exact) mass is 214 g/mol. The Morgan fingerprint density at radius 2 is 1.86 bits per heavy atom. The summed E-state index contributed by atoms with van der Waals surface area (Å²) in [6.45, 7) is 3.95. The van der Waals surface area contributed by atoms with E-state index in [0.717, 1.165) is 11.3 Å². The average molecular weight is 215 g/mol. The molecule has 1 aromatic rings. The molecule has 0 aliphatic heterocycles. The van der Waals surface area contributed by atoms with Gasteiger partial charge in [0.2, 0.25) is 0 Å². The van der Waals surface area contributed by atoms with Gasteiger partial charge < -0.3 is 9.84 Å². The number of rotatable bonds is 4. The minimum atomic E-state index is -0.593. The number of hydrogen-bond acceptors (Lipinski definition) is 2. The summed E-state index contributed by atoms with van der Waals surface area (Å²) in [6.07, 6.45) is -0.427. The molecule has 0 aliphatic rings. The first-order valence-electron chi connectivity index (χ1n) is 4.64. The SMILES string of the molecule is CC(C)Oc1ccc([C@H](O)CCl)cc1. The van der Waals surface area contributed by atoms with E-state index in [2.05, 4.69) is 0 Å². The van der Waals surface area contributed by atoms with E-state index in [-0.39, 0.29) is 12.0 Å². The van der Waals surface area contributed by atoms with Gasteiger partial charge in [-0.1, -0.05) is 12.1 Å². The van der Waals surface area contributed by atoms with Crippen molar-refractivity contribution in [2.45, 2.75) is 26.1 Å². The molecule has 1 aromatic carbocycles. The average Bonchev–Trinajstić information content (AvgIpc) is 2.17. The number of halogens is 1. The summed E-state index contributed by atoms with van der Waals surface area (Å²) in [5.74, 6) is 1.02. The third-order valence-electron chi connectivity index (χ3n) is 1.78. The van der Waals surface area contributed by atoms with Crippen molar-refractivity contribution in [1.29, 1.82) is 0 Å². The van der Waals surface area contributed by atoms with Crippen molar-refractivity contribution in [2.24, 2.45) is 0 Å². The zero-order chi connectivity index (χ0) is 10.6. The van der Waals surface area contributed by atoms with Gasteiger partial charge in [-0.15, -0.1) is 11.6 Å². The van der Waals surface area contributed by atoms with E-state index in [9.17, 15) is 5.11 Å². The summed E-state index contributed by atoms with van der Waals surface area (Å²) < 4.78 is 5.47. The molecule has 0 bridgehead atoms. The molecule has 0 radical (unpaired) electrons. The van der Waals surface area contributed by atoms with Gasteiger partial charge in [-0.25, -0.2) is 0 Å². The highest BCUT2D eigenvalue weighted by atomic mass is 35.5. The first-order chi connectivity index (χ1) is 6.63. The Balaban J connectivity index is 2.68. The molecule has 1 N–H and O–H groups in total. The maximum absolute atomic E-state index is 9.43. The van der Waals surface area contributed by atoms with Crippen LogP contribution in [0.2, 0.25) is 0 Å². The lowest BCUT2D eigenvalue weighted by Gasteiger charge is -2.11. The van der Waals surface area contributed by atoms with Crippen molar-refractivity contribution in [3.05, 3.63) is 29.8 Å². The first kappa shape index (κ1) is 11.3. The fourth-order valence-electron chi connectivity index (χ4n) is 1.13. The van der Waals surface area contributed by atoms with Crippen LogP contribution >= 0.6 is 11.6 Å². The Labute approximate surface area is 89.5 Å². The predicted octanol–water partition coefficient (Wildman–Crippen LogP) is 2.75. The Hall–Kier alpha value is -0.730. The molecule has 0 spiro atoms. The molecule has 1 atom stereocenters. The third kappa shape index (κ3) is 3.20. The van der Waals surface area contributed by atoms with E-state index in [1.165, 1.54) is 0 Å². The van der Waals surface area contributed by atoms with Gasteiger partial charge in [0.25, 0.3) is 0 Å². The Bertz CT molecular complexity index is 269. The van der Waals surface area contributed by atoms with Gasteiger partial charge in [0.15, 0.2) is 0 Å². The normalized spacial score (nSPS) is 12.9. The summed E-state index contributed by atoms with van der Waals surface area (Å²) in [4.78, 5) is 0. The van der Waals surface area contributed by atoms with Crippen molar-refractivity contribution >= 4 is 11.6 Å². The van der Waals surface area contributed by atoms with Gasteiger partial charge in [-0.05, 0) is 31.5 Å². The molecule has 0 saturated heterocycles. The molecule has 78 valence electrons. The maximum Gasteiger partial charge on any atom is 0.119 e. The highest BCUT2D eigenvalue weighted by Gasteiger charge is 2.05. The van der Waals surface area contributed by atoms with Crippen LogP contribution in [-0.4, -0.2) is 17.1 Å². The number of ether oxygens (including phenoxy) is 1. The van der Waals surface area contributed by atoms with Crippen molar-refractivity contribution in [1.82, 2.24) is 0 Å². The predicted molar refractivity (Wildman–Crippen MR) is 57.9 cm³/mol. The fourth-order valence-corrected chi connectivity index (χ4v) is 1.31. The number of benzene rings is 1. The van der Waals surface area contributed by atoms with Crippen LogP contribution in [0, 0.1) is 0 Å². The molecule has 0 unspecified atom stereocenters. The van der Waals surface area contributed by atoms with Crippen molar-refractivity contribution in [2.75, 3.05) is 5.88 Å². The highest BCUT2D eigenvalue weighted by molar-refractivity contribution is 6.18. The smallest absolute Gasteiger partial charge is 0.119 e. The second-order valence-corrected chi connectivity index (χ2v) is 3.71. The summed E-state index contributed by atoms with van der Waals surface area (Å²) in [5, 5.41) is 9.43. The zero-order valence-electron chi connectivity index (χ0n) is 8.40. The van der Waals surface area contributed by atoms with Crippen LogP contribution in [0.15, 0.2) is 24.3 Å². The van der Waals surface area contributed by atoms with E-state index in [1.54, 1.807) is 0 Å². The van der Waals surface area contributed by atoms with Gasteiger partial charge in [0.1, 0.15) is 5.75 Å². The summed E-state index contributed by atoms with van der Waals surface area (Å²) in [6, 6.07) is 7.33. The van der Waals surface area contributed by atoms with E-state index >= 15 is 0 Å². The van der Waals surface area contributed by atoms with Crippen LogP contribution in [0.3, 0.4) is 0 Å². The van der Waals surface area contributed by atoms with Crippen LogP contribution in [0.25, 0.3) is 0 Å². The lowest BCUT2D eigenvalue weighted by atomic mass is 10.1. The largest absolute Gasteiger partial charge is 0.491 e. The molecule has 0 fully saturated rings. The lowest BCUT2D eigenvalue weighted by Crippen LogP contribution is -2.05. The molecule has 1 rings (SSSR count). The number of aliphatic hydroxyl groups is 1. The fraction of sp³-hybridized carbons (Fsp3) is 0.455. The van der Waals surface area contributed by atoms with E-state index in [4.69, 9.17) is 16.3 Å². The molecule has 0 heterocycles. The minimum Gasteiger partial charge on any atom is -0.491 e. The molecular weight excluding hydrogens is 200 g/mol. The van der Waals surface area contributed by atoms with Crippen LogP contribution < -0.4 is 4.74 Å². The standard InChI is InChI=1S/C11H15ClO2/c1-8(2)14-10-5-3-9(4-6-10)11(13)7-12/h3-6,8,11,13H,7H2,1-2H3/t11-/m1/s1. The van der Waals surface area contributed by atoms with Crippen molar-refractivity contribution in [3.8, 4) is 5.75 Å². The number of hydrogen-bond donors (Lipinski definition) is 1. The maximum atomic E-state index is 9.43. The van der Waals surface area contributed by atoms with Crippen LogP contribution in [0.1, 0.15) is 25.5 Å². The summed E-state index contributed by atoms with van der Waals surface area (Å²) in [7, 11) is 0. The Morgan fingerprint density at radius 1 is 1.29 bits per heavy atom. The van der Waals surface area contributed by atoms with E-state index in [1.807, 2.05) is 38.1 Å². The van der Waals surface area contributed by atoms with Crippen LogP contribution in [0.4, 0.5) is 0 Å². The quantitative estimate of drug-likeness (QED) is 0.781. The molecule has 0 aromatic heterocycles. The molecule has 0 aliphatic carbocycles. The minimum absolute atomic E-state index is 0.166. The van der Waals surface area contributed by atoms with E-state index < -0.39 is 6.10 Å². The molecule has 14 heavy (non-hydrogen) atoms. The first-order valence-corrected chi connectivity index (χ1v) is 5.17. The molecular formula is C11H15ClO2. The topological polar surface area (TPSA) is 29.5 Å². The zero-order valence-corrected chi connectivity index (χ0v) is 9.16.